The Hall–Kier alpha value is -3.11. The molecule has 0 bridgehead atoms. The van der Waals surface area contributed by atoms with Gasteiger partial charge in [0, 0.05) is 24.4 Å². The molecule has 1 amide bonds. The molecule has 0 radical (unpaired) electrons. The van der Waals surface area contributed by atoms with Gasteiger partial charge in [0.05, 0.1) is 19.3 Å². The normalized spacial score (nSPS) is 17.9. The monoisotopic (exact) mass is 501 g/mol. The largest absolute Gasteiger partial charge is 0.465 e. The van der Waals surface area contributed by atoms with Gasteiger partial charge in [-0.15, -0.1) is 0 Å². The van der Waals surface area contributed by atoms with Crippen molar-refractivity contribution in [1.29, 1.82) is 0 Å². The number of halogens is 3. The highest BCUT2D eigenvalue weighted by Gasteiger charge is 2.45. The van der Waals surface area contributed by atoms with Gasteiger partial charge in [-0.25, -0.2) is 18.0 Å². The van der Waals surface area contributed by atoms with Gasteiger partial charge in [-0.2, -0.15) is 0 Å². The molecule has 0 N–H and O–H groups in total. The molecule has 1 aromatic rings. The van der Waals surface area contributed by atoms with E-state index < -0.39 is 76.7 Å². The third kappa shape index (κ3) is 6.95. The number of carbonyl (C=O) groups excluding carboxylic acids is 4. The van der Waals surface area contributed by atoms with Crippen molar-refractivity contribution in [3.8, 4) is 0 Å². The highest BCUT2D eigenvalue weighted by Crippen LogP contribution is 2.37. The molecule has 0 aliphatic carbocycles. The van der Waals surface area contributed by atoms with Gasteiger partial charge in [0.1, 0.15) is 11.4 Å². The Bertz CT molecular complexity index is 959. The Kier molecular flexibility index (Phi) is 9.28. The van der Waals surface area contributed by atoms with Crippen LogP contribution in [0, 0.1) is 23.4 Å². The van der Waals surface area contributed by atoms with E-state index in [0.717, 1.165) is 11.0 Å². The van der Waals surface area contributed by atoms with E-state index in [-0.39, 0.29) is 26.2 Å². The maximum Gasteiger partial charge on any atom is 0.410 e. The maximum absolute atomic E-state index is 14.5. The molecule has 1 heterocycles. The molecule has 11 heteroatoms. The van der Waals surface area contributed by atoms with Crippen molar-refractivity contribution in [2.24, 2.45) is 5.92 Å². The Morgan fingerprint density at radius 2 is 1.54 bits per heavy atom. The lowest BCUT2D eigenvalue weighted by molar-refractivity contribution is -0.163. The van der Waals surface area contributed by atoms with Gasteiger partial charge in [-0.1, -0.05) is 0 Å². The number of hydrogen-bond acceptors (Lipinski definition) is 7. The highest BCUT2D eigenvalue weighted by molar-refractivity contribution is 6.01. The number of Topliss-reactive ketones (excluding diaryl/α,β-unsaturated/α-hetero) is 1. The Labute approximate surface area is 201 Å². The fourth-order valence-corrected chi connectivity index (χ4v) is 3.88. The molecule has 2 atom stereocenters. The van der Waals surface area contributed by atoms with E-state index in [9.17, 15) is 32.3 Å². The van der Waals surface area contributed by atoms with E-state index in [1.807, 2.05) is 0 Å². The van der Waals surface area contributed by atoms with Crippen LogP contribution in [-0.4, -0.2) is 60.1 Å². The number of ketones is 1. The summed E-state index contributed by atoms with van der Waals surface area (Å²) in [6, 6.07) is 0.113. The number of hydrogen-bond donors (Lipinski definition) is 0. The summed E-state index contributed by atoms with van der Waals surface area (Å²) in [5.41, 5.74) is -1.54. The summed E-state index contributed by atoms with van der Waals surface area (Å²) in [6.45, 7) is 7.40. The van der Waals surface area contributed by atoms with Gasteiger partial charge in [-0.3, -0.25) is 19.3 Å². The smallest absolute Gasteiger partial charge is 0.410 e. The number of benzene rings is 1. The van der Waals surface area contributed by atoms with Gasteiger partial charge in [0.15, 0.2) is 23.3 Å². The zero-order valence-corrected chi connectivity index (χ0v) is 20.4. The summed E-state index contributed by atoms with van der Waals surface area (Å²) in [5, 5.41) is 0. The lowest BCUT2D eigenvalue weighted by Gasteiger charge is -2.28. The van der Waals surface area contributed by atoms with E-state index in [0.29, 0.717) is 6.07 Å². The number of rotatable bonds is 8. The van der Waals surface area contributed by atoms with Crippen molar-refractivity contribution in [2.45, 2.75) is 65.0 Å². The molecular weight excluding hydrogens is 471 g/mol. The van der Waals surface area contributed by atoms with Crippen molar-refractivity contribution in [3.05, 3.63) is 35.1 Å². The third-order valence-electron chi connectivity index (χ3n) is 5.34. The first-order valence-corrected chi connectivity index (χ1v) is 11.3. The molecule has 1 unspecified atom stereocenters. The molecular formula is C24H30F3NO7. The van der Waals surface area contributed by atoms with Gasteiger partial charge in [0.25, 0.3) is 0 Å². The molecule has 1 aromatic carbocycles. The molecule has 1 fully saturated rings. The van der Waals surface area contributed by atoms with Gasteiger partial charge >= 0.3 is 18.0 Å². The number of esters is 2. The Balaban J connectivity index is 2.40. The third-order valence-corrected chi connectivity index (χ3v) is 5.34. The van der Waals surface area contributed by atoms with Gasteiger partial charge in [0.2, 0.25) is 0 Å². The number of amides is 1. The highest BCUT2D eigenvalue weighted by atomic mass is 19.2. The molecule has 194 valence electrons. The van der Waals surface area contributed by atoms with E-state index in [1.54, 1.807) is 20.8 Å². The van der Waals surface area contributed by atoms with Crippen LogP contribution in [0.15, 0.2) is 12.1 Å². The van der Waals surface area contributed by atoms with Crippen molar-refractivity contribution in [2.75, 3.05) is 19.8 Å². The molecule has 1 saturated heterocycles. The second kappa shape index (κ2) is 11.5. The molecule has 0 aromatic heterocycles. The number of carbonyl (C=O) groups is 4. The minimum atomic E-state index is -1.58. The second-order valence-electron chi connectivity index (χ2n) is 9.07. The summed E-state index contributed by atoms with van der Waals surface area (Å²) < 4.78 is 57.8. The summed E-state index contributed by atoms with van der Waals surface area (Å²) in [4.78, 5) is 51.7. The average molecular weight is 501 g/mol. The van der Waals surface area contributed by atoms with Crippen molar-refractivity contribution >= 4 is 23.8 Å². The number of nitrogens with zero attached hydrogens (tertiary/aromatic N) is 1. The van der Waals surface area contributed by atoms with E-state index in [1.165, 1.54) is 13.8 Å². The van der Waals surface area contributed by atoms with Crippen LogP contribution in [0.25, 0.3) is 0 Å². The average Bonchev–Trinajstić information content (AvgIpc) is 3.19. The molecule has 1 aliphatic rings. The zero-order valence-electron chi connectivity index (χ0n) is 20.4. The van der Waals surface area contributed by atoms with Crippen LogP contribution in [0.3, 0.4) is 0 Å². The molecule has 2 rings (SSSR count). The first kappa shape index (κ1) is 28.1. The molecule has 0 saturated carbocycles. The van der Waals surface area contributed by atoms with E-state index in [2.05, 4.69) is 0 Å². The molecule has 1 aliphatic heterocycles. The van der Waals surface area contributed by atoms with E-state index in [4.69, 9.17) is 14.2 Å². The Morgan fingerprint density at radius 3 is 2.06 bits per heavy atom. The fourth-order valence-electron chi connectivity index (χ4n) is 3.88. The van der Waals surface area contributed by atoms with Crippen molar-refractivity contribution < 1.29 is 46.6 Å². The minimum absolute atomic E-state index is 0.0450. The first-order chi connectivity index (χ1) is 16.3. The zero-order chi connectivity index (χ0) is 26.5. The van der Waals surface area contributed by atoms with Crippen LogP contribution in [-0.2, 0) is 28.6 Å². The quantitative estimate of drug-likeness (QED) is 0.231. The lowest BCUT2D eigenvalue weighted by atomic mass is 9.91. The van der Waals surface area contributed by atoms with Crippen molar-refractivity contribution in [3.63, 3.8) is 0 Å². The van der Waals surface area contributed by atoms with Crippen LogP contribution in [0.5, 0.6) is 0 Å². The fraction of sp³-hybridized carbons (Fsp3) is 0.583. The number of ether oxygens (including phenoxy) is 3. The van der Waals surface area contributed by atoms with Gasteiger partial charge in [-0.05, 0) is 53.2 Å². The maximum atomic E-state index is 14.5. The minimum Gasteiger partial charge on any atom is -0.465 e. The summed E-state index contributed by atoms with van der Waals surface area (Å²) in [7, 11) is 0. The van der Waals surface area contributed by atoms with Crippen LogP contribution >= 0.6 is 0 Å². The van der Waals surface area contributed by atoms with Crippen molar-refractivity contribution in [1.82, 2.24) is 4.90 Å². The second-order valence-corrected chi connectivity index (χ2v) is 9.07. The first-order valence-electron chi connectivity index (χ1n) is 11.3. The summed E-state index contributed by atoms with van der Waals surface area (Å²) >= 11 is 0. The topological polar surface area (TPSA) is 99.2 Å². The Morgan fingerprint density at radius 1 is 1.00 bits per heavy atom. The lowest BCUT2D eigenvalue weighted by Crippen LogP contribution is -2.44. The summed E-state index contributed by atoms with van der Waals surface area (Å²) in [5.74, 6) is -9.04. The predicted octanol–water partition coefficient (Wildman–Crippen LogP) is 3.90. The molecule has 8 nitrogen and oxygen atoms in total. The summed E-state index contributed by atoms with van der Waals surface area (Å²) in [6.07, 6.45) is -1.87. The SMILES string of the molecule is CCOC(=O)C(CC(=O)C1C[C@H](c2c(F)ccc(F)c2F)CN1C(=O)OC(C)(C)C)C(=O)OCC. The van der Waals surface area contributed by atoms with E-state index >= 15 is 0 Å². The van der Waals surface area contributed by atoms with Gasteiger partial charge < -0.3 is 14.2 Å². The van der Waals surface area contributed by atoms with Crippen LogP contribution in [0.2, 0.25) is 0 Å². The van der Waals surface area contributed by atoms with Crippen LogP contribution in [0.1, 0.15) is 58.9 Å². The predicted molar refractivity (Wildman–Crippen MR) is 117 cm³/mol. The van der Waals surface area contributed by atoms with Crippen LogP contribution < -0.4 is 0 Å². The standard InChI is InChI=1S/C24H30F3NO7/c1-6-33-21(30)14(22(31)34-7-2)11-18(29)17-10-13(12-28(17)23(32)35-24(3,4)5)19-15(25)8-9-16(26)20(19)27/h8-9,13-14,17H,6-7,10-12H2,1-5H3/t13-,17?/m0/s1. The molecule has 35 heavy (non-hydrogen) atoms. The molecule has 0 spiro atoms. The van der Waals surface area contributed by atoms with Crippen LogP contribution in [0.4, 0.5) is 18.0 Å². The number of likely N-dealkylation sites (tertiary alicyclic amines) is 1.